The van der Waals surface area contributed by atoms with Crippen LogP contribution in [0.4, 0.5) is 0 Å². The van der Waals surface area contributed by atoms with Gasteiger partial charge in [-0.05, 0) is 32.0 Å². The third-order valence-electron chi connectivity index (χ3n) is 4.01. The molecule has 27 heavy (non-hydrogen) atoms. The van der Waals surface area contributed by atoms with E-state index in [1.165, 1.54) is 5.56 Å². The van der Waals surface area contributed by atoms with E-state index < -0.39 is 10.8 Å². The molecule has 0 heterocycles. The van der Waals surface area contributed by atoms with Gasteiger partial charge in [0.15, 0.2) is 5.96 Å². The van der Waals surface area contributed by atoms with Crippen LogP contribution in [0.2, 0.25) is 0 Å². The molecule has 0 amide bonds. The lowest BCUT2D eigenvalue weighted by atomic mass is 10.0. The first-order chi connectivity index (χ1) is 12.5. The lowest BCUT2D eigenvalue weighted by Gasteiger charge is -2.20. The van der Waals surface area contributed by atoms with Crippen molar-refractivity contribution in [2.24, 2.45) is 4.99 Å². The van der Waals surface area contributed by atoms with Crippen molar-refractivity contribution in [1.29, 1.82) is 0 Å². The number of halogens is 1. The number of aliphatic imine (C=N–C) groups is 1. The zero-order valence-corrected chi connectivity index (χ0v) is 19.3. The van der Waals surface area contributed by atoms with Gasteiger partial charge in [0.2, 0.25) is 0 Å². The monoisotopic (exact) mass is 501 g/mol. The predicted octanol–water partition coefficient (Wildman–Crippen LogP) is 3.66. The van der Waals surface area contributed by atoms with E-state index in [2.05, 4.69) is 35.5 Å². The Hall–Kier alpha value is -1.61. The molecule has 0 radical (unpaired) electrons. The van der Waals surface area contributed by atoms with Crippen LogP contribution < -0.4 is 15.4 Å². The van der Waals surface area contributed by atoms with Crippen LogP contribution in [-0.2, 0) is 10.8 Å². The van der Waals surface area contributed by atoms with Gasteiger partial charge in [-0.3, -0.25) is 9.20 Å². The van der Waals surface area contributed by atoms with Gasteiger partial charge in [-0.2, -0.15) is 0 Å². The fourth-order valence-electron chi connectivity index (χ4n) is 2.62. The average Bonchev–Trinajstić information content (AvgIpc) is 2.67. The standard InChI is InChI=1S/C20H27N3O2S.HI/c1-15-10-11-19(25-4)18(14-15)16(2)23-20(21-3)22-12-13-26(24)17-8-6-5-7-9-17;/h5-11,14,16H,12-13H2,1-4H3,(H2,21,22,23);1H. The van der Waals surface area contributed by atoms with Crippen LogP contribution in [0.25, 0.3) is 0 Å². The van der Waals surface area contributed by atoms with Crippen molar-refractivity contribution < 1.29 is 8.95 Å². The Morgan fingerprint density at radius 1 is 1.22 bits per heavy atom. The Balaban J connectivity index is 0.00000364. The summed E-state index contributed by atoms with van der Waals surface area (Å²) in [5, 5.41) is 6.59. The van der Waals surface area contributed by atoms with E-state index >= 15 is 0 Å². The van der Waals surface area contributed by atoms with Crippen LogP contribution >= 0.6 is 24.0 Å². The summed E-state index contributed by atoms with van der Waals surface area (Å²) in [5.74, 6) is 2.04. The number of hydrogen-bond donors (Lipinski definition) is 2. The number of nitrogens with zero attached hydrogens (tertiary/aromatic N) is 1. The Bertz CT molecular complexity index is 769. The molecule has 0 fully saturated rings. The Morgan fingerprint density at radius 3 is 2.56 bits per heavy atom. The number of aryl methyl sites for hydroxylation is 1. The van der Waals surface area contributed by atoms with Crippen molar-refractivity contribution >= 4 is 40.7 Å². The summed E-state index contributed by atoms with van der Waals surface area (Å²) in [4.78, 5) is 5.10. The van der Waals surface area contributed by atoms with Crippen LogP contribution in [-0.4, -0.2) is 36.6 Å². The smallest absolute Gasteiger partial charge is 0.191 e. The largest absolute Gasteiger partial charge is 0.496 e. The first kappa shape index (κ1) is 23.4. The van der Waals surface area contributed by atoms with E-state index in [4.69, 9.17) is 4.74 Å². The van der Waals surface area contributed by atoms with Gasteiger partial charge in [0.05, 0.1) is 24.0 Å². The molecule has 2 unspecified atom stereocenters. The molecule has 0 spiro atoms. The highest BCUT2D eigenvalue weighted by molar-refractivity contribution is 14.0. The SMILES string of the molecule is CN=C(NCCS(=O)c1ccccc1)NC(C)c1cc(C)ccc1OC.I. The summed E-state index contributed by atoms with van der Waals surface area (Å²) < 4.78 is 17.7. The molecular weight excluding hydrogens is 473 g/mol. The molecule has 0 saturated heterocycles. The lowest BCUT2D eigenvalue weighted by Crippen LogP contribution is -2.40. The van der Waals surface area contributed by atoms with E-state index in [1.54, 1.807) is 14.2 Å². The molecule has 0 aliphatic rings. The zero-order valence-electron chi connectivity index (χ0n) is 16.2. The molecule has 0 aliphatic heterocycles. The van der Waals surface area contributed by atoms with Crippen molar-refractivity contribution in [3.8, 4) is 5.75 Å². The fraction of sp³-hybridized carbons (Fsp3) is 0.350. The van der Waals surface area contributed by atoms with Crippen LogP contribution in [0.1, 0.15) is 24.1 Å². The van der Waals surface area contributed by atoms with Crippen molar-refractivity contribution in [2.45, 2.75) is 24.8 Å². The lowest BCUT2D eigenvalue weighted by molar-refractivity contribution is 0.405. The van der Waals surface area contributed by atoms with Crippen LogP contribution in [0.15, 0.2) is 58.4 Å². The highest BCUT2D eigenvalue weighted by Gasteiger charge is 2.13. The van der Waals surface area contributed by atoms with Gasteiger partial charge in [0.25, 0.3) is 0 Å². The third-order valence-corrected chi connectivity index (χ3v) is 5.39. The van der Waals surface area contributed by atoms with E-state index in [9.17, 15) is 4.21 Å². The fourth-order valence-corrected chi connectivity index (χ4v) is 3.61. The summed E-state index contributed by atoms with van der Waals surface area (Å²) >= 11 is 0. The maximum Gasteiger partial charge on any atom is 0.191 e. The molecule has 2 atom stereocenters. The first-order valence-corrected chi connectivity index (χ1v) is 9.92. The van der Waals surface area contributed by atoms with Crippen LogP contribution in [0.5, 0.6) is 5.75 Å². The van der Waals surface area contributed by atoms with Gasteiger partial charge in [-0.15, -0.1) is 24.0 Å². The second kappa shape index (κ2) is 12.0. The van der Waals surface area contributed by atoms with Gasteiger partial charge < -0.3 is 15.4 Å². The number of methoxy groups -OCH3 is 1. The Morgan fingerprint density at radius 2 is 1.93 bits per heavy atom. The molecule has 0 aromatic heterocycles. The Kier molecular flexibility index (Phi) is 10.4. The normalized spacial score (nSPS) is 13.3. The van der Waals surface area contributed by atoms with Crippen LogP contribution in [0, 0.1) is 6.92 Å². The summed E-state index contributed by atoms with van der Waals surface area (Å²) in [6, 6.07) is 15.6. The summed E-state index contributed by atoms with van der Waals surface area (Å²) in [7, 11) is 2.38. The van der Waals surface area contributed by atoms with Crippen molar-refractivity contribution in [3.63, 3.8) is 0 Å². The molecule has 0 bridgehead atoms. The van der Waals surface area contributed by atoms with E-state index in [0.717, 1.165) is 16.2 Å². The first-order valence-electron chi connectivity index (χ1n) is 8.60. The molecule has 2 N–H and O–H groups in total. The van der Waals surface area contributed by atoms with Crippen molar-refractivity contribution in [2.75, 3.05) is 26.5 Å². The van der Waals surface area contributed by atoms with Gasteiger partial charge in [-0.25, -0.2) is 0 Å². The van der Waals surface area contributed by atoms with Crippen molar-refractivity contribution in [3.05, 3.63) is 59.7 Å². The number of rotatable bonds is 7. The second-order valence-electron chi connectivity index (χ2n) is 5.97. The number of benzene rings is 2. The van der Waals surface area contributed by atoms with Gasteiger partial charge in [0.1, 0.15) is 5.75 Å². The predicted molar refractivity (Wildman–Crippen MR) is 124 cm³/mol. The number of nitrogens with one attached hydrogen (secondary N) is 2. The minimum absolute atomic E-state index is 0. The quantitative estimate of drug-likeness (QED) is 0.346. The van der Waals surface area contributed by atoms with E-state index in [0.29, 0.717) is 18.3 Å². The molecule has 0 saturated carbocycles. The molecule has 5 nitrogen and oxygen atoms in total. The summed E-state index contributed by atoms with van der Waals surface area (Å²) in [5.41, 5.74) is 2.25. The van der Waals surface area contributed by atoms with Gasteiger partial charge in [-0.1, -0.05) is 35.9 Å². The highest BCUT2D eigenvalue weighted by atomic mass is 127. The summed E-state index contributed by atoms with van der Waals surface area (Å²) in [6.07, 6.45) is 0. The molecule has 2 rings (SSSR count). The number of guanidine groups is 1. The van der Waals surface area contributed by atoms with E-state index in [-0.39, 0.29) is 30.0 Å². The molecule has 2 aromatic carbocycles. The minimum atomic E-state index is -1.02. The number of hydrogen-bond acceptors (Lipinski definition) is 3. The molecule has 148 valence electrons. The highest BCUT2D eigenvalue weighted by Crippen LogP contribution is 2.25. The zero-order chi connectivity index (χ0) is 18.9. The maximum absolute atomic E-state index is 12.3. The third kappa shape index (κ3) is 7.14. The molecule has 0 aliphatic carbocycles. The van der Waals surface area contributed by atoms with Crippen molar-refractivity contribution in [1.82, 2.24) is 10.6 Å². The second-order valence-corrected chi connectivity index (χ2v) is 7.54. The minimum Gasteiger partial charge on any atom is -0.496 e. The maximum atomic E-state index is 12.3. The van der Waals surface area contributed by atoms with Gasteiger partial charge in [0, 0.05) is 29.8 Å². The molecule has 2 aromatic rings. The van der Waals surface area contributed by atoms with Crippen LogP contribution in [0.3, 0.4) is 0 Å². The topological polar surface area (TPSA) is 62.7 Å². The molecular formula is C20H28IN3O2S. The Labute approximate surface area is 181 Å². The van der Waals surface area contributed by atoms with Gasteiger partial charge >= 0.3 is 0 Å². The molecule has 7 heteroatoms. The van der Waals surface area contributed by atoms with E-state index in [1.807, 2.05) is 42.5 Å². The summed E-state index contributed by atoms with van der Waals surface area (Å²) in [6.45, 7) is 4.69. The average molecular weight is 501 g/mol. The number of ether oxygens (including phenoxy) is 1.